The van der Waals surface area contributed by atoms with E-state index < -0.39 is 0 Å². The third-order valence-electron chi connectivity index (χ3n) is 4.47. The van der Waals surface area contributed by atoms with Crippen molar-refractivity contribution in [3.05, 3.63) is 89.5 Å². The van der Waals surface area contributed by atoms with Crippen LogP contribution in [0.1, 0.15) is 62.0 Å². The van der Waals surface area contributed by atoms with Crippen molar-refractivity contribution in [1.82, 2.24) is 9.97 Å². The van der Waals surface area contributed by atoms with Crippen molar-refractivity contribution in [2.75, 3.05) is 5.43 Å². The van der Waals surface area contributed by atoms with E-state index in [4.69, 9.17) is 5.10 Å². The van der Waals surface area contributed by atoms with Crippen LogP contribution < -0.4 is 5.43 Å². The Labute approximate surface area is 161 Å². The summed E-state index contributed by atoms with van der Waals surface area (Å²) in [4.78, 5) is 8.94. The maximum absolute atomic E-state index is 4.76. The zero-order valence-electron chi connectivity index (χ0n) is 16.3. The third-order valence-corrected chi connectivity index (χ3v) is 4.47. The molecule has 0 saturated heterocycles. The van der Waals surface area contributed by atoms with E-state index in [2.05, 4.69) is 61.3 Å². The van der Waals surface area contributed by atoms with Gasteiger partial charge in [-0.2, -0.15) is 5.10 Å². The second-order valence-electron chi connectivity index (χ2n) is 7.12. The molecule has 1 N–H and O–H groups in total. The monoisotopic (exact) mass is 358 g/mol. The van der Waals surface area contributed by atoms with Crippen LogP contribution in [0.4, 0.5) is 5.69 Å². The number of benzene rings is 1. The molecular formula is C23H26N4. The van der Waals surface area contributed by atoms with Crippen LogP contribution in [0.15, 0.2) is 72.1 Å². The largest absolute Gasteiger partial charge is 0.277 e. The third kappa shape index (κ3) is 4.40. The molecule has 2 aromatic heterocycles. The van der Waals surface area contributed by atoms with Crippen molar-refractivity contribution in [3.63, 3.8) is 0 Å². The molecule has 4 heteroatoms. The number of hydrogen-bond donors (Lipinski definition) is 1. The fraction of sp³-hybridized carbons (Fsp3) is 0.261. The van der Waals surface area contributed by atoms with Crippen LogP contribution in [0, 0.1) is 0 Å². The van der Waals surface area contributed by atoms with Gasteiger partial charge in [0.1, 0.15) is 5.71 Å². The maximum atomic E-state index is 4.76. The van der Waals surface area contributed by atoms with E-state index in [1.807, 2.05) is 36.4 Å². The summed E-state index contributed by atoms with van der Waals surface area (Å²) in [5.41, 5.74) is 9.24. The van der Waals surface area contributed by atoms with Crippen LogP contribution in [-0.4, -0.2) is 15.7 Å². The minimum absolute atomic E-state index is 0.398. The van der Waals surface area contributed by atoms with Gasteiger partial charge in [-0.05, 0) is 47.2 Å². The second kappa shape index (κ2) is 8.58. The zero-order valence-corrected chi connectivity index (χ0v) is 16.3. The molecule has 0 radical (unpaired) electrons. The Hall–Kier alpha value is -3.01. The van der Waals surface area contributed by atoms with Crippen LogP contribution in [0.2, 0.25) is 0 Å². The van der Waals surface area contributed by atoms with E-state index >= 15 is 0 Å². The lowest BCUT2D eigenvalue weighted by Crippen LogP contribution is -2.12. The molecule has 1 aromatic carbocycles. The van der Waals surface area contributed by atoms with Crippen LogP contribution >= 0.6 is 0 Å². The summed E-state index contributed by atoms with van der Waals surface area (Å²) in [6.45, 7) is 8.80. The lowest BCUT2D eigenvalue weighted by Gasteiger charge is -2.19. The van der Waals surface area contributed by atoms with Gasteiger partial charge in [0, 0.05) is 12.4 Å². The molecule has 3 rings (SSSR count). The predicted octanol–water partition coefficient (Wildman–Crippen LogP) is 5.59. The summed E-state index contributed by atoms with van der Waals surface area (Å²) in [6.07, 6.45) is 3.55. The summed E-state index contributed by atoms with van der Waals surface area (Å²) < 4.78 is 0. The van der Waals surface area contributed by atoms with Gasteiger partial charge in [-0.25, -0.2) is 0 Å². The predicted molar refractivity (Wildman–Crippen MR) is 112 cm³/mol. The minimum atomic E-state index is 0.398. The Kier molecular flexibility index (Phi) is 5.97. The number of anilines is 1. The quantitative estimate of drug-likeness (QED) is 0.462. The highest BCUT2D eigenvalue weighted by molar-refractivity contribution is 6.10. The highest BCUT2D eigenvalue weighted by Crippen LogP contribution is 2.32. The molecule has 0 unspecified atom stereocenters. The summed E-state index contributed by atoms with van der Waals surface area (Å²) in [5.74, 6) is 0.795. The number of rotatable bonds is 6. The first-order valence-electron chi connectivity index (χ1n) is 9.37. The zero-order chi connectivity index (χ0) is 19.2. The number of nitrogens with one attached hydrogen (secondary N) is 1. The van der Waals surface area contributed by atoms with E-state index in [9.17, 15) is 0 Å². The number of hydrogen-bond acceptors (Lipinski definition) is 4. The molecule has 0 spiro atoms. The van der Waals surface area contributed by atoms with Crippen LogP contribution in [0.3, 0.4) is 0 Å². The maximum Gasteiger partial charge on any atom is 0.135 e. The van der Waals surface area contributed by atoms with Crippen LogP contribution in [0.25, 0.3) is 0 Å². The van der Waals surface area contributed by atoms with E-state index in [-0.39, 0.29) is 0 Å². The van der Waals surface area contributed by atoms with Gasteiger partial charge in [0.15, 0.2) is 0 Å². The highest BCUT2D eigenvalue weighted by Gasteiger charge is 2.15. The Morgan fingerprint density at radius 3 is 1.67 bits per heavy atom. The fourth-order valence-electron chi connectivity index (χ4n) is 3.04. The van der Waals surface area contributed by atoms with E-state index in [0.29, 0.717) is 11.8 Å². The van der Waals surface area contributed by atoms with Gasteiger partial charge >= 0.3 is 0 Å². The SMILES string of the molecule is CC(C)c1cccc(C(C)C)c1NN=C(c1ccccn1)c1ccccn1. The molecule has 0 aliphatic rings. The normalized spacial score (nSPS) is 10.9. The highest BCUT2D eigenvalue weighted by atomic mass is 15.3. The average molecular weight is 358 g/mol. The number of aromatic nitrogens is 2. The molecule has 0 amide bonds. The van der Waals surface area contributed by atoms with Gasteiger partial charge in [-0.15, -0.1) is 0 Å². The van der Waals surface area contributed by atoms with Gasteiger partial charge in [-0.1, -0.05) is 58.0 Å². The molecule has 2 heterocycles. The lowest BCUT2D eigenvalue weighted by atomic mass is 9.93. The molecule has 4 nitrogen and oxygen atoms in total. The molecule has 0 fully saturated rings. The first kappa shape index (κ1) is 18.8. The molecule has 0 saturated carbocycles. The van der Waals surface area contributed by atoms with Crippen molar-refractivity contribution < 1.29 is 0 Å². The smallest absolute Gasteiger partial charge is 0.135 e. The van der Waals surface area contributed by atoms with E-state index in [1.165, 1.54) is 11.1 Å². The van der Waals surface area contributed by atoms with E-state index in [0.717, 1.165) is 22.8 Å². The molecule has 0 aliphatic heterocycles. The first-order valence-corrected chi connectivity index (χ1v) is 9.37. The number of nitrogens with zero attached hydrogens (tertiary/aromatic N) is 3. The first-order chi connectivity index (χ1) is 13.1. The van der Waals surface area contributed by atoms with Gasteiger partial charge in [0.25, 0.3) is 0 Å². The summed E-state index contributed by atoms with van der Waals surface area (Å²) in [7, 11) is 0. The van der Waals surface area contributed by atoms with Crippen molar-refractivity contribution in [3.8, 4) is 0 Å². The van der Waals surface area contributed by atoms with Gasteiger partial charge < -0.3 is 0 Å². The van der Waals surface area contributed by atoms with E-state index in [1.54, 1.807) is 12.4 Å². The average Bonchev–Trinajstić information content (AvgIpc) is 2.69. The van der Waals surface area contributed by atoms with Gasteiger partial charge in [0.05, 0.1) is 17.1 Å². The molecule has 138 valence electrons. The fourth-order valence-corrected chi connectivity index (χ4v) is 3.04. The number of hydrazone groups is 1. The van der Waals surface area contributed by atoms with Crippen molar-refractivity contribution in [1.29, 1.82) is 0 Å². The topological polar surface area (TPSA) is 50.2 Å². The van der Waals surface area contributed by atoms with Crippen LogP contribution in [-0.2, 0) is 0 Å². The van der Waals surface area contributed by atoms with Gasteiger partial charge in [0.2, 0.25) is 0 Å². The molecule has 0 atom stereocenters. The lowest BCUT2D eigenvalue weighted by molar-refractivity contribution is 0.835. The van der Waals surface area contributed by atoms with Crippen molar-refractivity contribution >= 4 is 11.4 Å². The second-order valence-corrected chi connectivity index (χ2v) is 7.12. The summed E-state index contributed by atoms with van der Waals surface area (Å²) in [6, 6.07) is 18.1. The Bertz CT molecular complexity index is 832. The molecular weight excluding hydrogens is 332 g/mol. The number of para-hydroxylation sites is 1. The number of pyridine rings is 2. The molecule has 0 aliphatic carbocycles. The Morgan fingerprint density at radius 1 is 0.741 bits per heavy atom. The molecule has 0 bridgehead atoms. The Balaban J connectivity index is 2.08. The summed E-state index contributed by atoms with van der Waals surface area (Å²) in [5, 5.41) is 4.76. The van der Waals surface area contributed by atoms with Crippen molar-refractivity contribution in [2.24, 2.45) is 5.10 Å². The molecule has 3 aromatic rings. The summed E-state index contributed by atoms with van der Waals surface area (Å²) >= 11 is 0. The van der Waals surface area contributed by atoms with Crippen LogP contribution in [0.5, 0.6) is 0 Å². The molecule has 27 heavy (non-hydrogen) atoms. The minimum Gasteiger partial charge on any atom is -0.277 e. The van der Waals surface area contributed by atoms with Gasteiger partial charge in [-0.3, -0.25) is 15.4 Å². The Morgan fingerprint density at radius 2 is 1.26 bits per heavy atom. The van der Waals surface area contributed by atoms with Crippen molar-refractivity contribution in [2.45, 2.75) is 39.5 Å². The standard InChI is InChI=1S/C23H26N4/c1-16(2)18-10-9-11-19(17(3)4)22(18)26-27-23(20-12-5-7-14-24-20)21-13-6-8-15-25-21/h5-17,26H,1-4H3.